The lowest BCUT2D eigenvalue weighted by molar-refractivity contribution is 0.0999. The Labute approximate surface area is 162 Å². The molecule has 0 saturated heterocycles. The second-order valence-corrected chi connectivity index (χ2v) is 6.77. The predicted molar refractivity (Wildman–Crippen MR) is 106 cm³/mol. The Kier molecular flexibility index (Phi) is 4.69. The number of primary amides is 1. The first-order chi connectivity index (χ1) is 13.5. The first-order valence-electron chi connectivity index (χ1n) is 9.03. The van der Waals surface area contributed by atoms with Crippen LogP contribution in [0, 0.1) is 5.82 Å². The summed E-state index contributed by atoms with van der Waals surface area (Å²) in [7, 11) is 1.52. The zero-order chi connectivity index (χ0) is 19.7. The van der Waals surface area contributed by atoms with E-state index in [2.05, 4.69) is 9.88 Å². The van der Waals surface area contributed by atoms with E-state index in [9.17, 15) is 9.18 Å². The van der Waals surface area contributed by atoms with Crippen LogP contribution < -0.4 is 15.4 Å². The molecule has 1 aliphatic heterocycles. The van der Waals surface area contributed by atoms with Crippen LogP contribution in [0.1, 0.15) is 27.0 Å². The van der Waals surface area contributed by atoms with Gasteiger partial charge in [0.25, 0.3) is 0 Å². The van der Waals surface area contributed by atoms with E-state index >= 15 is 0 Å². The molecule has 142 valence electrons. The number of nitrogens with two attached hydrogens (primary N) is 1. The van der Waals surface area contributed by atoms with Gasteiger partial charge < -0.3 is 15.4 Å². The average Bonchev–Trinajstić information content (AvgIpc) is 3.11. The third kappa shape index (κ3) is 3.41. The maximum atomic E-state index is 13.8. The summed E-state index contributed by atoms with van der Waals surface area (Å²) >= 11 is 0. The number of ether oxygens (including phenoxy) is 1. The van der Waals surface area contributed by atoms with Crippen molar-refractivity contribution in [3.63, 3.8) is 0 Å². The van der Waals surface area contributed by atoms with Crippen molar-refractivity contribution in [2.75, 3.05) is 18.6 Å². The fourth-order valence-electron chi connectivity index (χ4n) is 3.70. The van der Waals surface area contributed by atoms with Crippen molar-refractivity contribution >= 4 is 17.4 Å². The molecule has 2 aromatic carbocycles. The van der Waals surface area contributed by atoms with E-state index in [1.54, 1.807) is 12.3 Å². The van der Waals surface area contributed by atoms with Gasteiger partial charge in [-0.15, -0.1) is 0 Å². The highest BCUT2D eigenvalue weighted by molar-refractivity contribution is 5.96. The molecule has 0 radical (unpaired) electrons. The number of pyridine rings is 1. The number of methoxy groups -OCH3 is 1. The van der Waals surface area contributed by atoms with Crippen molar-refractivity contribution in [3.8, 4) is 5.75 Å². The van der Waals surface area contributed by atoms with E-state index in [1.165, 1.54) is 19.2 Å². The van der Waals surface area contributed by atoms with Crippen LogP contribution in [0.25, 0.3) is 0 Å². The molecule has 1 aromatic heterocycles. The third-order valence-corrected chi connectivity index (χ3v) is 4.95. The highest BCUT2D eigenvalue weighted by atomic mass is 19.1. The first kappa shape index (κ1) is 18.0. The van der Waals surface area contributed by atoms with Gasteiger partial charge in [-0.25, -0.2) is 9.37 Å². The molecule has 4 rings (SSSR count). The molecular weight excluding hydrogens is 357 g/mol. The number of carbonyl (C=O) groups excluding carboxylic acids is 1. The lowest BCUT2D eigenvalue weighted by atomic mass is 10.0. The smallest absolute Gasteiger partial charge is 0.249 e. The van der Waals surface area contributed by atoms with E-state index in [1.807, 2.05) is 30.3 Å². The Hall–Kier alpha value is -3.41. The van der Waals surface area contributed by atoms with Crippen LogP contribution in [0.2, 0.25) is 0 Å². The van der Waals surface area contributed by atoms with Gasteiger partial charge in [0.15, 0.2) is 0 Å². The molecule has 0 spiro atoms. The minimum absolute atomic E-state index is 0.323. The summed E-state index contributed by atoms with van der Waals surface area (Å²) in [5.41, 5.74) is 9.81. The summed E-state index contributed by atoms with van der Waals surface area (Å²) in [4.78, 5) is 18.3. The molecular formula is C22H20FN3O2. The van der Waals surface area contributed by atoms with Gasteiger partial charge in [-0.2, -0.15) is 0 Å². The number of halogens is 1. The van der Waals surface area contributed by atoms with Crippen molar-refractivity contribution in [2.45, 2.75) is 12.8 Å². The molecule has 0 fully saturated rings. The van der Waals surface area contributed by atoms with Gasteiger partial charge in [0, 0.05) is 30.1 Å². The van der Waals surface area contributed by atoms with Crippen LogP contribution in [0.4, 0.5) is 15.9 Å². The summed E-state index contributed by atoms with van der Waals surface area (Å²) in [5.74, 6) is 0.550. The Morgan fingerprint density at radius 2 is 2.07 bits per heavy atom. The predicted octanol–water partition coefficient (Wildman–Crippen LogP) is 3.61. The minimum atomic E-state index is -0.416. The number of rotatable bonds is 5. The largest absolute Gasteiger partial charge is 0.497 e. The van der Waals surface area contributed by atoms with Crippen LogP contribution in [-0.2, 0) is 12.8 Å². The van der Waals surface area contributed by atoms with Crippen molar-refractivity contribution in [1.29, 1.82) is 0 Å². The average molecular weight is 377 g/mol. The number of nitrogens with zero attached hydrogens (tertiary/aromatic N) is 2. The highest BCUT2D eigenvalue weighted by Gasteiger charge is 2.25. The van der Waals surface area contributed by atoms with Crippen molar-refractivity contribution < 1.29 is 13.9 Å². The molecule has 3 aromatic rings. The molecule has 0 aliphatic carbocycles. The normalized spacial score (nSPS) is 12.7. The minimum Gasteiger partial charge on any atom is -0.497 e. The fourth-order valence-corrected chi connectivity index (χ4v) is 3.70. The van der Waals surface area contributed by atoms with E-state index in [0.717, 1.165) is 41.2 Å². The maximum Gasteiger partial charge on any atom is 0.249 e. The summed E-state index contributed by atoms with van der Waals surface area (Å²) in [6.45, 7) is 0.726. The molecule has 1 aliphatic rings. The molecule has 2 N–H and O–H groups in total. The first-order valence-corrected chi connectivity index (χ1v) is 9.03. The van der Waals surface area contributed by atoms with Gasteiger partial charge in [-0.1, -0.05) is 6.07 Å². The van der Waals surface area contributed by atoms with Gasteiger partial charge in [0.2, 0.25) is 5.91 Å². The molecule has 0 bridgehead atoms. The number of carbonyl (C=O) groups is 1. The van der Waals surface area contributed by atoms with Crippen molar-refractivity contribution in [1.82, 2.24) is 4.98 Å². The van der Waals surface area contributed by atoms with E-state index in [0.29, 0.717) is 17.7 Å². The molecule has 0 saturated carbocycles. The number of hydrogen-bond donors (Lipinski definition) is 1. The molecule has 6 heteroatoms. The molecule has 1 amide bonds. The number of aromatic nitrogens is 1. The standard InChI is InChI=1S/C22H20FN3O2/c1-28-17-11-15(10-16(23)13-17)9-14-5-7-25-21(12-14)26-8-6-18-19(22(24)27)3-2-4-20(18)26/h2-5,7,10-13H,6,8-9H2,1H3,(H2,24,27). The molecule has 5 nitrogen and oxygen atoms in total. The molecule has 0 unspecified atom stereocenters. The van der Waals surface area contributed by atoms with Gasteiger partial charge in [0.1, 0.15) is 17.4 Å². The third-order valence-electron chi connectivity index (χ3n) is 4.95. The van der Waals surface area contributed by atoms with Gasteiger partial charge in [-0.3, -0.25) is 4.79 Å². The Balaban J connectivity index is 1.64. The van der Waals surface area contributed by atoms with Crippen LogP contribution in [-0.4, -0.2) is 24.5 Å². The zero-order valence-corrected chi connectivity index (χ0v) is 15.5. The lowest BCUT2D eigenvalue weighted by Gasteiger charge is -2.19. The quantitative estimate of drug-likeness (QED) is 0.737. The van der Waals surface area contributed by atoms with Crippen LogP contribution in [0.15, 0.2) is 54.7 Å². The Bertz CT molecular complexity index is 1050. The number of anilines is 2. The van der Waals surface area contributed by atoms with E-state index < -0.39 is 5.91 Å². The maximum absolute atomic E-state index is 13.8. The van der Waals surface area contributed by atoms with Crippen molar-refractivity contribution in [3.05, 3.63) is 82.8 Å². The number of fused-ring (bicyclic) bond motifs is 1. The SMILES string of the molecule is COc1cc(F)cc(Cc2ccnc(N3CCc4c(C(N)=O)cccc43)c2)c1. The zero-order valence-electron chi connectivity index (χ0n) is 15.5. The van der Waals surface area contributed by atoms with Gasteiger partial charge in [0.05, 0.1) is 7.11 Å². The van der Waals surface area contributed by atoms with E-state index in [4.69, 9.17) is 10.5 Å². The lowest BCUT2D eigenvalue weighted by Crippen LogP contribution is -2.15. The summed E-state index contributed by atoms with van der Waals surface area (Å²) < 4.78 is 18.9. The van der Waals surface area contributed by atoms with Crippen LogP contribution in [0.3, 0.4) is 0 Å². The molecule has 2 heterocycles. The molecule has 0 atom stereocenters. The monoisotopic (exact) mass is 377 g/mol. The van der Waals surface area contributed by atoms with Crippen LogP contribution >= 0.6 is 0 Å². The fraction of sp³-hybridized carbons (Fsp3) is 0.182. The van der Waals surface area contributed by atoms with Gasteiger partial charge in [-0.05, 0) is 65.9 Å². The van der Waals surface area contributed by atoms with Crippen molar-refractivity contribution in [2.24, 2.45) is 5.73 Å². The number of amides is 1. The second kappa shape index (κ2) is 7.31. The topological polar surface area (TPSA) is 68.4 Å². The Morgan fingerprint density at radius 1 is 1.21 bits per heavy atom. The second-order valence-electron chi connectivity index (χ2n) is 6.77. The van der Waals surface area contributed by atoms with Crippen LogP contribution in [0.5, 0.6) is 5.75 Å². The Morgan fingerprint density at radius 3 is 2.86 bits per heavy atom. The number of benzene rings is 2. The highest BCUT2D eigenvalue weighted by Crippen LogP contribution is 2.35. The summed E-state index contributed by atoms with van der Waals surface area (Å²) in [6, 6.07) is 14.2. The van der Waals surface area contributed by atoms with E-state index in [-0.39, 0.29) is 5.82 Å². The molecule has 28 heavy (non-hydrogen) atoms. The number of hydrogen-bond acceptors (Lipinski definition) is 4. The summed E-state index contributed by atoms with van der Waals surface area (Å²) in [6.07, 6.45) is 3.05. The van der Waals surface area contributed by atoms with Gasteiger partial charge >= 0.3 is 0 Å². The summed E-state index contributed by atoms with van der Waals surface area (Å²) in [5, 5.41) is 0.